The molecule has 3 rings (SSSR count). The third-order valence-electron chi connectivity index (χ3n) is 6.35. The van der Waals surface area contributed by atoms with Crippen LogP contribution in [0.5, 0.6) is 0 Å². The van der Waals surface area contributed by atoms with E-state index in [4.69, 9.17) is 0 Å². The fourth-order valence-electron chi connectivity index (χ4n) is 4.93. The van der Waals surface area contributed by atoms with Gasteiger partial charge in [0.2, 0.25) is 0 Å². The number of amides is 1. The maximum Gasteiger partial charge on any atom is 0.266 e. The van der Waals surface area contributed by atoms with E-state index < -0.39 is 0 Å². The zero-order valence-electron chi connectivity index (χ0n) is 19.7. The number of fused-ring (bicyclic) bond motifs is 1. The van der Waals surface area contributed by atoms with Gasteiger partial charge in [0.1, 0.15) is 11.6 Å². The number of hydrogen-bond acceptors (Lipinski definition) is 3. The second-order valence-corrected chi connectivity index (χ2v) is 9.57. The number of nitriles is 1. The number of hydrogen-bond donors (Lipinski definition) is 1. The lowest BCUT2D eigenvalue weighted by Crippen LogP contribution is -2.51. The van der Waals surface area contributed by atoms with Crippen LogP contribution in [0.3, 0.4) is 0 Å². The molecule has 1 N–H and O–H groups in total. The van der Waals surface area contributed by atoms with Crippen molar-refractivity contribution in [1.82, 2.24) is 0 Å². The average Bonchev–Trinajstić information content (AvgIpc) is 2.68. The summed E-state index contributed by atoms with van der Waals surface area (Å²) < 4.78 is 0. The Bertz CT molecular complexity index is 1070. The molecule has 0 bridgehead atoms. The van der Waals surface area contributed by atoms with E-state index in [2.05, 4.69) is 63.0 Å². The maximum atomic E-state index is 12.8. The van der Waals surface area contributed by atoms with E-state index in [1.165, 1.54) is 11.3 Å². The molecule has 1 aliphatic rings. The minimum Gasteiger partial charge on any atom is -0.364 e. The molecule has 1 amide bonds. The van der Waals surface area contributed by atoms with Gasteiger partial charge < -0.3 is 10.2 Å². The van der Waals surface area contributed by atoms with Crippen molar-refractivity contribution in [2.75, 3.05) is 10.2 Å². The average molecular weight is 416 g/mol. The molecule has 1 unspecified atom stereocenters. The zero-order valence-corrected chi connectivity index (χ0v) is 19.7. The molecule has 4 heteroatoms. The number of nitrogens with zero attached hydrogens (tertiary/aromatic N) is 2. The second kappa shape index (κ2) is 8.59. The van der Waals surface area contributed by atoms with Crippen molar-refractivity contribution < 1.29 is 4.79 Å². The minimum absolute atomic E-state index is 0.0846. The Balaban J connectivity index is 1.94. The van der Waals surface area contributed by atoms with Gasteiger partial charge >= 0.3 is 0 Å². The van der Waals surface area contributed by atoms with Crippen LogP contribution in [0.25, 0.3) is 6.08 Å². The molecular formula is C27H33N3O. The standard InChI is InChI=1S/C27H33N3O/c1-17(2)30-25-12-11-21(14-23(25)19(4)15-27(30,6)7)13-22(16-28)26(31)29-24-10-8-9-18(3)20(24)5/h8-14,17,19H,15H2,1-7H3,(H,29,31)/b22-13-. The zero-order chi connectivity index (χ0) is 22.9. The van der Waals surface area contributed by atoms with E-state index in [-0.39, 0.29) is 17.0 Å². The molecule has 2 aromatic rings. The van der Waals surface area contributed by atoms with Crippen molar-refractivity contribution >= 4 is 23.4 Å². The number of rotatable bonds is 4. The highest BCUT2D eigenvalue weighted by Gasteiger charge is 2.37. The number of aryl methyl sites for hydroxylation is 1. The third kappa shape index (κ3) is 4.51. The quantitative estimate of drug-likeness (QED) is 0.467. The number of carbonyl (C=O) groups is 1. The lowest BCUT2D eigenvalue weighted by atomic mass is 9.79. The Morgan fingerprint density at radius 2 is 1.97 bits per heavy atom. The van der Waals surface area contributed by atoms with Gasteiger partial charge in [-0.1, -0.05) is 25.1 Å². The summed E-state index contributed by atoms with van der Waals surface area (Å²) in [6.07, 6.45) is 2.75. The smallest absolute Gasteiger partial charge is 0.266 e. The van der Waals surface area contributed by atoms with Gasteiger partial charge in [-0.05, 0) is 100 Å². The second-order valence-electron chi connectivity index (χ2n) is 9.57. The van der Waals surface area contributed by atoms with Crippen molar-refractivity contribution in [2.45, 2.75) is 72.4 Å². The Labute approximate surface area is 186 Å². The van der Waals surface area contributed by atoms with Crippen LogP contribution in [0.1, 0.15) is 69.2 Å². The summed E-state index contributed by atoms with van der Waals surface area (Å²) in [5.74, 6) is 0.0227. The molecule has 0 aliphatic carbocycles. The lowest BCUT2D eigenvalue weighted by molar-refractivity contribution is -0.112. The monoisotopic (exact) mass is 415 g/mol. The summed E-state index contributed by atoms with van der Waals surface area (Å²) in [5, 5.41) is 12.5. The van der Waals surface area contributed by atoms with Crippen molar-refractivity contribution in [3.63, 3.8) is 0 Å². The summed E-state index contributed by atoms with van der Waals surface area (Å²) in [6.45, 7) is 15.3. The molecule has 0 radical (unpaired) electrons. The first-order chi connectivity index (χ1) is 14.5. The minimum atomic E-state index is -0.382. The maximum absolute atomic E-state index is 12.8. The largest absolute Gasteiger partial charge is 0.364 e. The van der Waals surface area contributed by atoms with Crippen LogP contribution >= 0.6 is 0 Å². The van der Waals surface area contributed by atoms with E-state index in [1.807, 2.05) is 38.1 Å². The molecule has 0 spiro atoms. The van der Waals surface area contributed by atoms with Crippen LogP contribution < -0.4 is 10.2 Å². The number of benzene rings is 2. The van der Waals surface area contributed by atoms with Crippen molar-refractivity contribution in [1.29, 1.82) is 5.26 Å². The number of nitrogens with one attached hydrogen (secondary N) is 1. The fourth-order valence-corrected chi connectivity index (χ4v) is 4.93. The molecular weight excluding hydrogens is 382 g/mol. The first kappa shape index (κ1) is 22.6. The number of anilines is 2. The molecule has 1 heterocycles. The molecule has 1 aliphatic heterocycles. The highest BCUT2D eigenvalue weighted by atomic mass is 16.1. The fraction of sp³-hybridized carbons (Fsp3) is 0.407. The predicted molar refractivity (Wildman–Crippen MR) is 129 cm³/mol. The van der Waals surface area contributed by atoms with Gasteiger partial charge in [0, 0.05) is 23.0 Å². The van der Waals surface area contributed by atoms with E-state index >= 15 is 0 Å². The van der Waals surface area contributed by atoms with E-state index in [1.54, 1.807) is 6.08 Å². The molecule has 0 saturated heterocycles. The van der Waals surface area contributed by atoms with Crippen LogP contribution in [0.2, 0.25) is 0 Å². The Morgan fingerprint density at radius 3 is 2.61 bits per heavy atom. The summed E-state index contributed by atoms with van der Waals surface area (Å²) in [4.78, 5) is 15.3. The molecule has 2 aromatic carbocycles. The van der Waals surface area contributed by atoms with E-state index in [0.29, 0.717) is 12.0 Å². The van der Waals surface area contributed by atoms with Gasteiger partial charge in [0.25, 0.3) is 5.91 Å². The topological polar surface area (TPSA) is 56.1 Å². The van der Waals surface area contributed by atoms with Crippen molar-refractivity contribution in [3.05, 3.63) is 64.2 Å². The highest BCUT2D eigenvalue weighted by Crippen LogP contribution is 2.44. The predicted octanol–water partition coefficient (Wildman–Crippen LogP) is 6.35. The van der Waals surface area contributed by atoms with Gasteiger partial charge in [-0.2, -0.15) is 5.26 Å². The summed E-state index contributed by atoms with van der Waals surface area (Å²) >= 11 is 0. The first-order valence-electron chi connectivity index (χ1n) is 11.0. The van der Waals surface area contributed by atoms with Crippen LogP contribution in [0, 0.1) is 25.2 Å². The molecule has 1 atom stereocenters. The SMILES string of the molecule is Cc1cccc(NC(=O)/C(C#N)=C\c2ccc3c(c2)C(C)CC(C)(C)N3C(C)C)c1C. The third-order valence-corrected chi connectivity index (χ3v) is 6.35. The highest BCUT2D eigenvalue weighted by molar-refractivity contribution is 6.10. The van der Waals surface area contributed by atoms with E-state index in [0.717, 1.165) is 28.8 Å². The van der Waals surface area contributed by atoms with Crippen LogP contribution in [-0.2, 0) is 4.79 Å². The van der Waals surface area contributed by atoms with Gasteiger partial charge in [0.15, 0.2) is 0 Å². The Kier molecular flexibility index (Phi) is 6.27. The van der Waals surface area contributed by atoms with Gasteiger partial charge in [-0.15, -0.1) is 0 Å². The van der Waals surface area contributed by atoms with Crippen LogP contribution in [-0.4, -0.2) is 17.5 Å². The number of carbonyl (C=O) groups excluding carboxylic acids is 1. The van der Waals surface area contributed by atoms with Gasteiger partial charge in [-0.25, -0.2) is 0 Å². The van der Waals surface area contributed by atoms with E-state index in [9.17, 15) is 10.1 Å². The lowest BCUT2D eigenvalue weighted by Gasteiger charge is -2.50. The molecule has 4 nitrogen and oxygen atoms in total. The molecule has 0 aromatic heterocycles. The van der Waals surface area contributed by atoms with Gasteiger partial charge in [0.05, 0.1) is 0 Å². The first-order valence-corrected chi connectivity index (χ1v) is 11.0. The summed E-state index contributed by atoms with van der Waals surface area (Å²) in [5.41, 5.74) is 6.42. The normalized spacial score (nSPS) is 17.8. The Hall–Kier alpha value is -3.06. The molecule has 0 saturated carbocycles. The van der Waals surface area contributed by atoms with Crippen LogP contribution in [0.4, 0.5) is 11.4 Å². The molecule has 162 valence electrons. The van der Waals surface area contributed by atoms with Gasteiger partial charge in [-0.3, -0.25) is 4.79 Å². The van der Waals surface area contributed by atoms with Crippen LogP contribution in [0.15, 0.2) is 42.0 Å². The Morgan fingerprint density at radius 1 is 1.26 bits per heavy atom. The summed E-state index contributed by atoms with van der Waals surface area (Å²) in [7, 11) is 0. The van der Waals surface area contributed by atoms with Crippen molar-refractivity contribution in [3.8, 4) is 6.07 Å². The molecule has 0 fully saturated rings. The molecule has 31 heavy (non-hydrogen) atoms. The van der Waals surface area contributed by atoms with Crippen molar-refractivity contribution in [2.24, 2.45) is 0 Å². The summed E-state index contributed by atoms with van der Waals surface area (Å²) in [6, 6.07) is 14.5.